The van der Waals surface area contributed by atoms with Crippen LogP contribution in [0.25, 0.3) is 0 Å². The minimum absolute atomic E-state index is 0.118. The largest absolute Gasteiger partial charge is 0.392 e. The standard InChI is InChI=1S/C16H24O2/c1-15(2,3)14(17)16(9-11-18-12-10-16)13-7-5-4-6-8-13/h4-8,14,17H,9-12H2,1-3H3. The number of aliphatic hydroxyl groups excluding tert-OH is 1. The molecule has 1 fully saturated rings. The van der Waals surface area contributed by atoms with Crippen molar-refractivity contribution in [3.05, 3.63) is 35.9 Å². The van der Waals surface area contributed by atoms with Gasteiger partial charge in [0.1, 0.15) is 0 Å². The molecule has 0 aliphatic carbocycles. The minimum atomic E-state index is -0.351. The van der Waals surface area contributed by atoms with E-state index in [1.807, 2.05) is 6.07 Å². The fourth-order valence-corrected chi connectivity index (χ4v) is 3.05. The van der Waals surface area contributed by atoms with Crippen LogP contribution in [-0.4, -0.2) is 24.4 Å². The molecule has 1 atom stereocenters. The van der Waals surface area contributed by atoms with E-state index in [0.717, 1.165) is 26.1 Å². The summed E-state index contributed by atoms with van der Waals surface area (Å²) in [5.41, 5.74) is 0.973. The van der Waals surface area contributed by atoms with Crippen LogP contribution >= 0.6 is 0 Å². The third kappa shape index (κ3) is 2.45. The maximum absolute atomic E-state index is 10.9. The summed E-state index contributed by atoms with van der Waals surface area (Å²) in [6.07, 6.45) is 1.45. The fourth-order valence-electron chi connectivity index (χ4n) is 3.05. The normalized spacial score (nSPS) is 21.6. The molecule has 1 aromatic carbocycles. The molecule has 1 aliphatic heterocycles. The zero-order chi connectivity index (χ0) is 13.2. The molecule has 0 spiro atoms. The Morgan fingerprint density at radius 3 is 2.17 bits per heavy atom. The predicted molar refractivity (Wildman–Crippen MR) is 73.6 cm³/mol. The predicted octanol–water partition coefficient (Wildman–Crippen LogP) is 3.14. The summed E-state index contributed by atoms with van der Waals surface area (Å²) >= 11 is 0. The van der Waals surface area contributed by atoms with Crippen molar-refractivity contribution in [2.75, 3.05) is 13.2 Å². The maximum Gasteiger partial charge on any atom is 0.0686 e. The van der Waals surface area contributed by atoms with Gasteiger partial charge in [-0.2, -0.15) is 0 Å². The van der Waals surface area contributed by atoms with Crippen LogP contribution in [0.1, 0.15) is 39.2 Å². The molecule has 2 rings (SSSR count). The van der Waals surface area contributed by atoms with Gasteiger partial charge in [0.25, 0.3) is 0 Å². The number of benzene rings is 1. The van der Waals surface area contributed by atoms with Crippen molar-refractivity contribution < 1.29 is 9.84 Å². The van der Waals surface area contributed by atoms with Crippen molar-refractivity contribution in [2.45, 2.75) is 45.1 Å². The summed E-state index contributed by atoms with van der Waals surface area (Å²) in [6, 6.07) is 10.4. The van der Waals surface area contributed by atoms with E-state index in [4.69, 9.17) is 4.74 Å². The highest BCUT2D eigenvalue weighted by Crippen LogP contribution is 2.44. The molecule has 1 aromatic rings. The van der Waals surface area contributed by atoms with Gasteiger partial charge >= 0.3 is 0 Å². The van der Waals surface area contributed by atoms with Crippen LogP contribution < -0.4 is 0 Å². The van der Waals surface area contributed by atoms with Crippen LogP contribution in [0.3, 0.4) is 0 Å². The average molecular weight is 248 g/mol. The first-order chi connectivity index (χ1) is 8.47. The minimum Gasteiger partial charge on any atom is -0.392 e. The lowest BCUT2D eigenvalue weighted by Crippen LogP contribution is -2.50. The van der Waals surface area contributed by atoms with Crippen LogP contribution in [0, 0.1) is 5.41 Å². The molecule has 2 heteroatoms. The number of hydrogen-bond donors (Lipinski definition) is 1. The van der Waals surface area contributed by atoms with E-state index in [0.29, 0.717) is 0 Å². The lowest BCUT2D eigenvalue weighted by molar-refractivity contribution is -0.0615. The number of hydrogen-bond acceptors (Lipinski definition) is 2. The number of aliphatic hydroxyl groups is 1. The molecule has 0 aromatic heterocycles. The Bertz CT molecular complexity index is 372. The van der Waals surface area contributed by atoms with E-state index >= 15 is 0 Å². The smallest absolute Gasteiger partial charge is 0.0686 e. The highest BCUT2D eigenvalue weighted by atomic mass is 16.5. The second kappa shape index (κ2) is 5.02. The molecular formula is C16H24O2. The number of ether oxygens (including phenoxy) is 1. The Balaban J connectivity index is 2.41. The van der Waals surface area contributed by atoms with Crippen LogP contribution in [0.5, 0.6) is 0 Å². The van der Waals surface area contributed by atoms with Crippen molar-refractivity contribution in [3.63, 3.8) is 0 Å². The van der Waals surface area contributed by atoms with E-state index in [1.165, 1.54) is 5.56 Å². The van der Waals surface area contributed by atoms with Gasteiger partial charge in [0, 0.05) is 18.6 Å². The third-order valence-electron chi connectivity index (χ3n) is 4.08. The van der Waals surface area contributed by atoms with Crippen molar-refractivity contribution in [3.8, 4) is 0 Å². The second-order valence-electron chi connectivity index (χ2n) is 6.40. The summed E-state index contributed by atoms with van der Waals surface area (Å²) in [4.78, 5) is 0. The van der Waals surface area contributed by atoms with Gasteiger partial charge in [-0.25, -0.2) is 0 Å². The lowest BCUT2D eigenvalue weighted by Gasteiger charge is -2.46. The lowest BCUT2D eigenvalue weighted by atomic mass is 9.63. The summed E-state index contributed by atoms with van der Waals surface area (Å²) in [7, 11) is 0. The monoisotopic (exact) mass is 248 g/mol. The summed E-state index contributed by atoms with van der Waals surface area (Å²) in [6.45, 7) is 7.80. The van der Waals surface area contributed by atoms with Gasteiger partial charge in [-0.15, -0.1) is 0 Å². The molecule has 0 amide bonds. The van der Waals surface area contributed by atoms with E-state index < -0.39 is 0 Å². The molecule has 2 nitrogen and oxygen atoms in total. The van der Waals surface area contributed by atoms with E-state index in [1.54, 1.807) is 0 Å². The summed E-state index contributed by atoms with van der Waals surface area (Å²) < 4.78 is 5.50. The van der Waals surface area contributed by atoms with Gasteiger partial charge in [0.2, 0.25) is 0 Å². The molecule has 1 N–H and O–H groups in total. The molecule has 1 unspecified atom stereocenters. The van der Waals surface area contributed by atoms with Crippen molar-refractivity contribution in [1.29, 1.82) is 0 Å². The Morgan fingerprint density at radius 2 is 1.67 bits per heavy atom. The van der Waals surface area contributed by atoms with Crippen LogP contribution in [0.15, 0.2) is 30.3 Å². The van der Waals surface area contributed by atoms with Crippen molar-refractivity contribution >= 4 is 0 Å². The van der Waals surface area contributed by atoms with E-state index in [9.17, 15) is 5.11 Å². The quantitative estimate of drug-likeness (QED) is 0.871. The van der Waals surface area contributed by atoms with Gasteiger partial charge in [-0.1, -0.05) is 51.1 Å². The molecular weight excluding hydrogens is 224 g/mol. The maximum atomic E-state index is 10.9. The SMILES string of the molecule is CC(C)(C)C(O)C1(c2ccccc2)CCOCC1. The average Bonchev–Trinajstić information content (AvgIpc) is 2.39. The first kappa shape index (κ1) is 13.6. The molecule has 1 aliphatic rings. The molecule has 100 valence electrons. The summed E-state index contributed by atoms with van der Waals surface area (Å²) in [5.74, 6) is 0. The highest BCUT2D eigenvalue weighted by Gasteiger charge is 2.45. The first-order valence-corrected chi connectivity index (χ1v) is 6.78. The Morgan fingerprint density at radius 1 is 1.11 bits per heavy atom. The zero-order valence-corrected chi connectivity index (χ0v) is 11.6. The van der Waals surface area contributed by atoms with Crippen molar-refractivity contribution in [2.24, 2.45) is 5.41 Å². The topological polar surface area (TPSA) is 29.5 Å². The highest BCUT2D eigenvalue weighted by molar-refractivity contribution is 5.28. The molecule has 18 heavy (non-hydrogen) atoms. The Labute approximate surface area is 110 Å². The fraction of sp³-hybridized carbons (Fsp3) is 0.625. The molecule has 1 saturated heterocycles. The van der Waals surface area contributed by atoms with Gasteiger partial charge in [-0.3, -0.25) is 0 Å². The molecule has 0 bridgehead atoms. The first-order valence-electron chi connectivity index (χ1n) is 6.78. The number of rotatable bonds is 2. The van der Waals surface area contributed by atoms with Crippen LogP contribution in [0.2, 0.25) is 0 Å². The Hall–Kier alpha value is -0.860. The van der Waals surface area contributed by atoms with Gasteiger partial charge < -0.3 is 9.84 Å². The van der Waals surface area contributed by atoms with Gasteiger partial charge in [0.15, 0.2) is 0 Å². The summed E-state index contributed by atoms with van der Waals surface area (Å²) in [5, 5.41) is 10.9. The van der Waals surface area contributed by atoms with Gasteiger partial charge in [0.05, 0.1) is 6.10 Å². The van der Waals surface area contributed by atoms with Crippen LogP contribution in [0.4, 0.5) is 0 Å². The second-order valence-corrected chi connectivity index (χ2v) is 6.40. The van der Waals surface area contributed by atoms with Crippen molar-refractivity contribution in [1.82, 2.24) is 0 Å². The third-order valence-corrected chi connectivity index (χ3v) is 4.08. The molecule has 0 saturated carbocycles. The van der Waals surface area contributed by atoms with E-state index in [-0.39, 0.29) is 16.9 Å². The van der Waals surface area contributed by atoms with E-state index in [2.05, 4.69) is 45.0 Å². The van der Waals surface area contributed by atoms with Gasteiger partial charge in [-0.05, 0) is 23.8 Å². The van der Waals surface area contributed by atoms with Crippen LogP contribution in [-0.2, 0) is 10.2 Å². The molecule has 1 heterocycles. The molecule has 0 radical (unpaired) electrons. The zero-order valence-electron chi connectivity index (χ0n) is 11.6. The Kier molecular flexibility index (Phi) is 3.79.